The minimum absolute atomic E-state index is 0.0252. The topological polar surface area (TPSA) is 41.1 Å². The first kappa shape index (κ1) is 12.1. The minimum atomic E-state index is -0.0252. The number of aryl methyl sites for hydroxylation is 2. The summed E-state index contributed by atoms with van der Waals surface area (Å²) in [6, 6.07) is 6.28. The summed E-state index contributed by atoms with van der Waals surface area (Å²) in [6.45, 7) is 5.83. The average Bonchev–Trinajstić information content (AvgIpc) is 2.30. The number of hydrogen-bond donors (Lipinski definition) is 2. The highest BCUT2D eigenvalue weighted by Gasteiger charge is 2.21. The van der Waals surface area contributed by atoms with Crippen LogP contribution >= 0.6 is 0 Å². The Labute approximate surface area is 103 Å². The standard InChI is InChI=1S/C14H20N2O/c1-10-5-3-6-11(2)12(10)9-16-13-7-4-8-15-14(13)17/h3,5-6,13,16H,4,7-9H2,1-2H3,(H,15,17). The van der Waals surface area contributed by atoms with Crippen molar-refractivity contribution in [1.82, 2.24) is 10.6 Å². The van der Waals surface area contributed by atoms with Crippen molar-refractivity contribution >= 4 is 5.91 Å². The Bertz CT molecular complexity index is 394. The van der Waals surface area contributed by atoms with Crippen LogP contribution in [0, 0.1) is 13.8 Å². The Morgan fingerprint density at radius 2 is 2.06 bits per heavy atom. The van der Waals surface area contributed by atoms with Gasteiger partial charge in [0.2, 0.25) is 5.91 Å². The van der Waals surface area contributed by atoms with Crippen LogP contribution in [-0.4, -0.2) is 18.5 Å². The van der Waals surface area contributed by atoms with Crippen molar-refractivity contribution in [2.45, 2.75) is 39.3 Å². The second-order valence-corrected chi connectivity index (χ2v) is 4.74. The van der Waals surface area contributed by atoms with E-state index < -0.39 is 0 Å². The fraction of sp³-hybridized carbons (Fsp3) is 0.500. The molecule has 1 aliphatic heterocycles. The Balaban J connectivity index is 1.99. The third-order valence-electron chi connectivity index (χ3n) is 3.46. The summed E-state index contributed by atoms with van der Waals surface area (Å²) in [5.74, 6) is 0.141. The second kappa shape index (κ2) is 5.32. The Morgan fingerprint density at radius 1 is 1.35 bits per heavy atom. The van der Waals surface area contributed by atoms with Crippen molar-refractivity contribution in [3.05, 3.63) is 34.9 Å². The molecule has 1 unspecified atom stereocenters. The summed E-state index contributed by atoms with van der Waals surface area (Å²) in [6.07, 6.45) is 2.01. The zero-order valence-electron chi connectivity index (χ0n) is 10.5. The van der Waals surface area contributed by atoms with Gasteiger partial charge in [0.05, 0.1) is 6.04 Å². The van der Waals surface area contributed by atoms with E-state index in [2.05, 4.69) is 42.7 Å². The lowest BCUT2D eigenvalue weighted by atomic mass is 10.0. The van der Waals surface area contributed by atoms with Crippen molar-refractivity contribution in [2.75, 3.05) is 6.54 Å². The van der Waals surface area contributed by atoms with E-state index in [1.54, 1.807) is 0 Å². The van der Waals surface area contributed by atoms with Gasteiger partial charge in [-0.2, -0.15) is 0 Å². The van der Waals surface area contributed by atoms with Crippen LogP contribution in [-0.2, 0) is 11.3 Å². The molecule has 1 atom stereocenters. The van der Waals surface area contributed by atoms with Gasteiger partial charge in [0.15, 0.2) is 0 Å². The van der Waals surface area contributed by atoms with E-state index in [1.807, 2.05) is 0 Å². The minimum Gasteiger partial charge on any atom is -0.355 e. The van der Waals surface area contributed by atoms with E-state index in [0.717, 1.165) is 25.9 Å². The van der Waals surface area contributed by atoms with E-state index >= 15 is 0 Å². The molecule has 1 heterocycles. The lowest BCUT2D eigenvalue weighted by molar-refractivity contribution is -0.124. The van der Waals surface area contributed by atoms with Crippen LogP contribution in [0.3, 0.4) is 0 Å². The lowest BCUT2D eigenvalue weighted by Crippen LogP contribution is -2.48. The number of carbonyl (C=O) groups excluding carboxylic acids is 1. The SMILES string of the molecule is Cc1cccc(C)c1CNC1CCCNC1=O. The third-order valence-corrected chi connectivity index (χ3v) is 3.46. The van der Waals surface area contributed by atoms with E-state index in [-0.39, 0.29) is 11.9 Å². The van der Waals surface area contributed by atoms with Gasteiger partial charge >= 0.3 is 0 Å². The molecule has 3 nitrogen and oxygen atoms in total. The van der Waals surface area contributed by atoms with Gasteiger partial charge < -0.3 is 10.6 Å². The predicted molar refractivity (Wildman–Crippen MR) is 68.8 cm³/mol. The molecule has 92 valence electrons. The maximum Gasteiger partial charge on any atom is 0.237 e. The van der Waals surface area contributed by atoms with Crippen LogP contribution in [0.5, 0.6) is 0 Å². The van der Waals surface area contributed by atoms with E-state index in [1.165, 1.54) is 16.7 Å². The van der Waals surface area contributed by atoms with Gasteiger partial charge in [-0.3, -0.25) is 4.79 Å². The summed E-state index contributed by atoms with van der Waals surface area (Å²) in [4.78, 5) is 11.6. The number of rotatable bonds is 3. The number of nitrogens with one attached hydrogen (secondary N) is 2. The summed E-state index contributed by atoms with van der Waals surface area (Å²) in [7, 11) is 0. The molecule has 0 aromatic heterocycles. The Morgan fingerprint density at radius 3 is 2.71 bits per heavy atom. The summed E-state index contributed by atoms with van der Waals surface area (Å²) in [5.41, 5.74) is 3.88. The molecule has 0 aliphatic carbocycles. The van der Waals surface area contributed by atoms with Crippen molar-refractivity contribution in [1.29, 1.82) is 0 Å². The molecule has 1 aromatic carbocycles. The highest BCUT2D eigenvalue weighted by molar-refractivity contribution is 5.82. The summed E-state index contributed by atoms with van der Waals surface area (Å²) in [5, 5.41) is 6.25. The quantitative estimate of drug-likeness (QED) is 0.832. The molecule has 2 N–H and O–H groups in total. The molecular weight excluding hydrogens is 212 g/mol. The molecule has 3 heteroatoms. The molecule has 1 aliphatic rings. The molecule has 1 saturated heterocycles. The van der Waals surface area contributed by atoms with Gasteiger partial charge in [0, 0.05) is 13.1 Å². The predicted octanol–water partition coefficient (Wildman–Crippen LogP) is 1.67. The van der Waals surface area contributed by atoms with Gasteiger partial charge in [0.1, 0.15) is 0 Å². The van der Waals surface area contributed by atoms with Crippen molar-refractivity contribution < 1.29 is 4.79 Å². The first-order valence-corrected chi connectivity index (χ1v) is 6.24. The highest BCUT2D eigenvalue weighted by Crippen LogP contribution is 2.14. The highest BCUT2D eigenvalue weighted by atomic mass is 16.2. The zero-order chi connectivity index (χ0) is 12.3. The number of benzene rings is 1. The maximum atomic E-state index is 11.6. The van der Waals surface area contributed by atoms with Gasteiger partial charge in [-0.1, -0.05) is 18.2 Å². The van der Waals surface area contributed by atoms with Crippen molar-refractivity contribution in [2.24, 2.45) is 0 Å². The zero-order valence-corrected chi connectivity index (χ0v) is 10.5. The van der Waals surface area contributed by atoms with Crippen LogP contribution in [0.25, 0.3) is 0 Å². The van der Waals surface area contributed by atoms with Crippen LogP contribution < -0.4 is 10.6 Å². The summed E-state index contributed by atoms with van der Waals surface area (Å²) < 4.78 is 0. The molecule has 0 radical (unpaired) electrons. The van der Waals surface area contributed by atoms with Crippen LogP contribution in [0.1, 0.15) is 29.5 Å². The van der Waals surface area contributed by atoms with Crippen LogP contribution in [0.4, 0.5) is 0 Å². The number of hydrogen-bond acceptors (Lipinski definition) is 2. The molecule has 1 fully saturated rings. The van der Waals surface area contributed by atoms with E-state index in [0.29, 0.717) is 0 Å². The van der Waals surface area contributed by atoms with Gasteiger partial charge in [-0.05, 0) is 43.4 Å². The maximum absolute atomic E-state index is 11.6. The number of carbonyl (C=O) groups is 1. The fourth-order valence-corrected chi connectivity index (χ4v) is 2.32. The number of amides is 1. The molecule has 1 amide bonds. The molecular formula is C14H20N2O. The smallest absolute Gasteiger partial charge is 0.237 e. The molecule has 0 bridgehead atoms. The van der Waals surface area contributed by atoms with Crippen LogP contribution in [0.15, 0.2) is 18.2 Å². The van der Waals surface area contributed by atoms with Gasteiger partial charge in [0.25, 0.3) is 0 Å². The molecule has 17 heavy (non-hydrogen) atoms. The Kier molecular flexibility index (Phi) is 3.79. The number of piperidine rings is 1. The largest absolute Gasteiger partial charge is 0.355 e. The van der Waals surface area contributed by atoms with Crippen molar-refractivity contribution in [3.8, 4) is 0 Å². The summed E-state index contributed by atoms with van der Waals surface area (Å²) >= 11 is 0. The second-order valence-electron chi connectivity index (χ2n) is 4.74. The normalized spacial score (nSPS) is 20.1. The molecule has 2 rings (SSSR count). The van der Waals surface area contributed by atoms with E-state index in [4.69, 9.17) is 0 Å². The van der Waals surface area contributed by atoms with Gasteiger partial charge in [-0.15, -0.1) is 0 Å². The van der Waals surface area contributed by atoms with Crippen molar-refractivity contribution in [3.63, 3.8) is 0 Å². The fourth-order valence-electron chi connectivity index (χ4n) is 2.32. The third kappa shape index (κ3) is 2.86. The first-order valence-electron chi connectivity index (χ1n) is 6.24. The van der Waals surface area contributed by atoms with Gasteiger partial charge in [-0.25, -0.2) is 0 Å². The van der Waals surface area contributed by atoms with E-state index in [9.17, 15) is 4.79 Å². The Hall–Kier alpha value is -1.35. The van der Waals surface area contributed by atoms with Crippen LogP contribution in [0.2, 0.25) is 0 Å². The average molecular weight is 232 g/mol. The molecule has 0 saturated carbocycles. The molecule has 0 spiro atoms. The first-order chi connectivity index (χ1) is 8.18. The monoisotopic (exact) mass is 232 g/mol. The molecule has 1 aromatic rings. The lowest BCUT2D eigenvalue weighted by Gasteiger charge is -2.23.